The van der Waals surface area contributed by atoms with Crippen molar-refractivity contribution in [2.45, 2.75) is 13.3 Å². The number of rotatable bonds is 3. The standard InChI is InChI=1S/C10H9Br2FOS/c1-6(14)15-5-4-7-8(11)2-3-9(12)10(7)13/h2-3H,4-5H2,1H3. The van der Waals surface area contributed by atoms with E-state index in [2.05, 4.69) is 31.9 Å². The van der Waals surface area contributed by atoms with Gasteiger partial charge < -0.3 is 0 Å². The normalized spacial score (nSPS) is 10.4. The minimum Gasteiger partial charge on any atom is -0.288 e. The van der Waals surface area contributed by atoms with Crippen LogP contribution in [0.4, 0.5) is 4.39 Å². The van der Waals surface area contributed by atoms with Crippen LogP contribution in [0.3, 0.4) is 0 Å². The predicted molar refractivity (Wildman–Crippen MR) is 68.6 cm³/mol. The fourth-order valence-electron chi connectivity index (χ4n) is 1.10. The van der Waals surface area contributed by atoms with E-state index in [1.807, 2.05) is 0 Å². The first-order chi connectivity index (χ1) is 7.02. The molecule has 0 atom stereocenters. The fraction of sp³-hybridized carbons (Fsp3) is 0.300. The Balaban J connectivity index is 2.75. The Morgan fingerprint density at radius 1 is 1.40 bits per heavy atom. The molecule has 0 aliphatic heterocycles. The molecule has 0 heterocycles. The van der Waals surface area contributed by atoms with Gasteiger partial charge in [-0.25, -0.2) is 4.39 Å². The molecular weight excluding hydrogens is 347 g/mol. The van der Waals surface area contributed by atoms with Crippen molar-refractivity contribution >= 4 is 48.7 Å². The van der Waals surface area contributed by atoms with E-state index in [0.29, 0.717) is 22.2 Å². The Bertz CT molecular complexity index is 382. The van der Waals surface area contributed by atoms with Gasteiger partial charge in [0.2, 0.25) is 0 Å². The average molecular weight is 356 g/mol. The van der Waals surface area contributed by atoms with Crippen molar-refractivity contribution in [3.8, 4) is 0 Å². The molecule has 0 saturated heterocycles. The predicted octanol–water partition coefficient (Wildman–Crippen LogP) is 4.17. The summed E-state index contributed by atoms with van der Waals surface area (Å²) in [6.07, 6.45) is 0.538. The molecule has 0 amide bonds. The molecule has 1 rings (SSSR count). The maximum absolute atomic E-state index is 13.6. The first-order valence-corrected chi connectivity index (χ1v) is 6.85. The van der Waals surface area contributed by atoms with E-state index < -0.39 is 0 Å². The lowest BCUT2D eigenvalue weighted by Crippen LogP contribution is -1.97. The smallest absolute Gasteiger partial charge is 0.185 e. The van der Waals surface area contributed by atoms with E-state index in [1.165, 1.54) is 18.7 Å². The van der Waals surface area contributed by atoms with Gasteiger partial charge >= 0.3 is 0 Å². The Kier molecular flexibility index (Phi) is 5.29. The second kappa shape index (κ2) is 6.01. The van der Waals surface area contributed by atoms with Crippen molar-refractivity contribution in [2.24, 2.45) is 0 Å². The summed E-state index contributed by atoms with van der Waals surface area (Å²) >= 11 is 7.63. The second-order valence-corrected chi connectivity index (χ2v) is 5.89. The maximum Gasteiger partial charge on any atom is 0.185 e. The lowest BCUT2D eigenvalue weighted by atomic mass is 10.1. The van der Waals surface area contributed by atoms with Crippen molar-refractivity contribution in [1.29, 1.82) is 0 Å². The third-order valence-electron chi connectivity index (χ3n) is 1.80. The molecular formula is C10H9Br2FOS. The van der Waals surface area contributed by atoms with Crippen LogP contribution >= 0.6 is 43.6 Å². The van der Waals surface area contributed by atoms with Crippen molar-refractivity contribution < 1.29 is 9.18 Å². The van der Waals surface area contributed by atoms with Crippen LogP contribution in [-0.4, -0.2) is 10.9 Å². The molecule has 5 heteroatoms. The van der Waals surface area contributed by atoms with Gasteiger partial charge in [0.15, 0.2) is 5.12 Å². The largest absolute Gasteiger partial charge is 0.288 e. The zero-order valence-electron chi connectivity index (χ0n) is 8.02. The summed E-state index contributed by atoms with van der Waals surface area (Å²) < 4.78 is 14.8. The average Bonchev–Trinajstić information content (AvgIpc) is 2.17. The first kappa shape index (κ1) is 13.2. The molecule has 1 aromatic carbocycles. The highest BCUT2D eigenvalue weighted by molar-refractivity contribution is 9.11. The lowest BCUT2D eigenvalue weighted by Gasteiger charge is -2.06. The molecule has 0 fully saturated rings. The Morgan fingerprint density at radius 3 is 2.60 bits per heavy atom. The number of carbonyl (C=O) groups excluding carboxylic acids is 1. The maximum atomic E-state index is 13.6. The molecule has 0 bridgehead atoms. The van der Waals surface area contributed by atoms with E-state index in [1.54, 1.807) is 12.1 Å². The van der Waals surface area contributed by atoms with Gasteiger partial charge in [0, 0.05) is 22.7 Å². The SMILES string of the molecule is CC(=O)SCCc1c(Br)ccc(Br)c1F. The third kappa shape index (κ3) is 3.89. The van der Waals surface area contributed by atoms with E-state index in [-0.39, 0.29) is 10.9 Å². The van der Waals surface area contributed by atoms with Gasteiger partial charge in [-0.05, 0) is 34.5 Å². The molecule has 0 radical (unpaired) electrons. The number of hydrogen-bond acceptors (Lipinski definition) is 2. The summed E-state index contributed by atoms with van der Waals surface area (Å²) in [6, 6.07) is 3.45. The molecule has 0 unspecified atom stereocenters. The van der Waals surface area contributed by atoms with E-state index in [4.69, 9.17) is 0 Å². The molecule has 0 spiro atoms. The van der Waals surface area contributed by atoms with Crippen LogP contribution in [0.2, 0.25) is 0 Å². The van der Waals surface area contributed by atoms with Crippen molar-refractivity contribution in [2.75, 3.05) is 5.75 Å². The minimum atomic E-state index is -0.256. The molecule has 0 aromatic heterocycles. The summed E-state index contributed by atoms with van der Waals surface area (Å²) in [7, 11) is 0. The minimum absolute atomic E-state index is 0.0570. The highest BCUT2D eigenvalue weighted by atomic mass is 79.9. The molecule has 0 aliphatic carbocycles. The van der Waals surface area contributed by atoms with Gasteiger partial charge in [0.25, 0.3) is 0 Å². The van der Waals surface area contributed by atoms with Crippen LogP contribution in [0, 0.1) is 5.82 Å². The zero-order valence-corrected chi connectivity index (χ0v) is 12.0. The highest BCUT2D eigenvalue weighted by Crippen LogP contribution is 2.27. The summed E-state index contributed by atoms with van der Waals surface area (Å²) in [5, 5.41) is 0.0570. The molecule has 82 valence electrons. The van der Waals surface area contributed by atoms with Gasteiger partial charge in [-0.15, -0.1) is 0 Å². The number of hydrogen-bond donors (Lipinski definition) is 0. The van der Waals surface area contributed by atoms with Crippen LogP contribution in [0.25, 0.3) is 0 Å². The van der Waals surface area contributed by atoms with Crippen LogP contribution in [0.1, 0.15) is 12.5 Å². The molecule has 0 saturated carbocycles. The van der Waals surface area contributed by atoms with Gasteiger partial charge in [-0.2, -0.15) is 0 Å². The fourth-order valence-corrected chi connectivity index (χ4v) is 2.56. The van der Waals surface area contributed by atoms with Gasteiger partial charge in [-0.1, -0.05) is 27.7 Å². The van der Waals surface area contributed by atoms with Crippen LogP contribution in [-0.2, 0) is 11.2 Å². The number of carbonyl (C=O) groups is 1. The van der Waals surface area contributed by atoms with E-state index in [0.717, 1.165) is 4.47 Å². The molecule has 1 nitrogen and oxygen atoms in total. The van der Waals surface area contributed by atoms with Crippen molar-refractivity contribution in [3.63, 3.8) is 0 Å². The first-order valence-electron chi connectivity index (χ1n) is 4.28. The summed E-state index contributed by atoms with van der Waals surface area (Å²) in [6.45, 7) is 1.51. The number of benzene rings is 1. The topological polar surface area (TPSA) is 17.1 Å². The molecule has 0 aliphatic rings. The van der Waals surface area contributed by atoms with Crippen molar-refractivity contribution in [3.05, 3.63) is 32.5 Å². The summed E-state index contributed by atoms with van der Waals surface area (Å²) in [5.41, 5.74) is 0.609. The van der Waals surface area contributed by atoms with E-state index >= 15 is 0 Å². The van der Waals surface area contributed by atoms with Crippen molar-refractivity contribution in [1.82, 2.24) is 0 Å². The number of thioether (sulfide) groups is 1. The monoisotopic (exact) mass is 354 g/mol. The van der Waals surface area contributed by atoms with Crippen LogP contribution < -0.4 is 0 Å². The third-order valence-corrected chi connectivity index (χ3v) is 3.97. The summed E-state index contributed by atoms with van der Waals surface area (Å²) in [5.74, 6) is 0.343. The Morgan fingerprint density at radius 2 is 2.00 bits per heavy atom. The Hall–Kier alpha value is 0.130. The molecule has 1 aromatic rings. The highest BCUT2D eigenvalue weighted by Gasteiger charge is 2.10. The zero-order chi connectivity index (χ0) is 11.4. The van der Waals surface area contributed by atoms with Gasteiger partial charge in [-0.3, -0.25) is 4.79 Å². The summed E-state index contributed by atoms with van der Waals surface area (Å²) in [4.78, 5) is 10.7. The second-order valence-electron chi connectivity index (χ2n) is 2.91. The van der Waals surface area contributed by atoms with Gasteiger partial charge in [0.1, 0.15) is 5.82 Å². The van der Waals surface area contributed by atoms with Gasteiger partial charge in [0.05, 0.1) is 4.47 Å². The quantitative estimate of drug-likeness (QED) is 0.757. The van der Waals surface area contributed by atoms with Crippen LogP contribution in [0.5, 0.6) is 0 Å². The molecule has 15 heavy (non-hydrogen) atoms. The molecule has 0 N–H and O–H groups in total. The van der Waals surface area contributed by atoms with Crippen LogP contribution in [0.15, 0.2) is 21.1 Å². The van der Waals surface area contributed by atoms with E-state index in [9.17, 15) is 9.18 Å². The Labute approximate surface area is 109 Å². The lowest BCUT2D eigenvalue weighted by molar-refractivity contribution is -0.109. The number of halogens is 3.